The third kappa shape index (κ3) is 3.55. The summed E-state index contributed by atoms with van der Waals surface area (Å²) in [6.45, 7) is -0.453. The van der Waals surface area contributed by atoms with Crippen LogP contribution < -0.4 is 5.73 Å². The molecule has 0 saturated carbocycles. The number of hydrogen-bond donors (Lipinski definition) is 4. The van der Waals surface area contributed by atoms with E-state index in [-0.39, 0.29) is 18.2 Å². The number of aliphatic hydroxyl groups is 3. The average molecular weight is 447 g/mol. The maximum atomic E-state index is 11.3. The Morgan fingerprint density at radius 3 is 2.18 bits per heavy atom. The highest BCUT2D eigenvalue weighted by molar-refractivity contribution is 5.81. The second-order valence-electron chi connectivity index (χ2n) is 8.24. The number of nitrogens with two attached hydrogens (primary N) is 1. The van der Waals surface area contributed by atoms with Crippen LogP contribution in [0.4, 0.5) is 5.82 Å². The fraction of sp³-hybridized carbons (Fsp3) is 0.292. The van der Waals surface area contributed by atoms with Gasteiger partial charge in [-0.1, -0.05) is 60.7 Å². The number of anilines is 1. The van der Waals surface area contributed by atoms with Crippen LogP contribution >= 0.6 is 0 Å². The van der Waals surface area contributed by atoms with Gasteiger partial charge >= 0.3 is 0 Å². The third-order valence-electron chi connectivity index (χ3n) is 6.37. The summed E-state index contributed by atoms with van der Waals surface area (Å²) in [4.78, 5) is 12.7. The molecule has 1 aliphatic rings. The zero-order chi connectivity index (χ0) is 23.0. The predicted molar refractivity (Wildman–Crippen MR) is 121 cm³/mol. The summed E-state index contributed by atoms with van der Waals surface area (Å²) >= 11 is 0. The van der Waals surface area contributed by atoms with E-state index in [1.165, 1.54) is 12.7 Å². The topological polar surface area (TPSA) is 140 Å². The zero-order valence-corrected chi connectivity index (χ0v) is 17.8. The number of ether oxygens (including phenoxy) is 1. The molecular formula is C24H25N5O4. The molecule has 0 aliphatic carbocycles. The van der Waals surface area contributed by atoms with Crippen LogP contribution in [-0.4, -0.2) is 59.8 Å². The fourth-order valence-corrected chi connectivity index (χ4v) is 4.70. The average Bonchev–Trinajstić information content (AvgIpc) is 3.40. The summed E-state index contributed by atoms with van der Waals surface area (Å²) in [5, 5.41) is 31.9. The molecule has 2 aromatic carbocycles. The molecule has 3 heterocycles. The monoisotopic (exact) mass is 447 g/mol. The molecule has 0 bridgehead atoms. The number of benzene rings is 2. The van der Waals surface area contributed by atoms with Crippen molar-refractivity contribution in [2.24, 2.45) is 0 Å². The van der Waals surface area contributed by atoms with Crippen molar-refractivity contribution < 1.29 is 20.1 Å². The van der Waals surface area contributed by atoms with E-state index in [0.717, 1.165) is 11.1 Å². The van der Waals surface area contributed by atoms with Gasteiger partial charge in [0.25, 0.3) is 0 Å². The van der Waals surface area contributed by atoms with E-state index < -0.39 is 30.6 Å². The molecule has 0 unspecified atom stereocenters. The summed E-state index contributed by atoms with van der Waals surface area (Å²) in [5.74, 6) is -0.00774. The van der Waals surface area contributed by atoms with Crippen molar-refractivity contribution in [3.63, 3.8) is 0 Å². The van der Waals surface area contributed by atoms with Gasteiger partial charge < -0.3 is 25.8 Å². The largest absolute Gasteiger partial charge is 0.394 e. The SMILES string of the molecule is Nc1ncnc2c1ncn2[C@]1(CC(c2ccccc2)c2ccccc2)O[C@H](CO)[C@@H](O)[C@H]1O. The highest BCUT2D eigenvalue weighted by Crippen LogP contribution is 2.46. The van der Waals surface area contributed by atoms with Gasteiger partial charge in [0.15, 0.2) is 17.2 Å². The van der Waals surface area contributed by atoms with E-state index in [2.05, 4.69) is 15.0 Å². The molecule has 4 atom stereocenters. The first-order valence-corrected chi connectivity index (χ1v) is 10.7. The molecule has 0 amide bonds. The van der Waals surface area contributed by atoms with Crippen LogP contribution in [-0.2, 0) is 10.5 Å². The number of aromatic nitrogens is 4. The lowest BCUT2D eigenvalue weighted by Crippen LogP contribution is -2.46. The summed E-state index contributed by atoms with van der Waals surface area (Å²) in [7, 11) is 0. The molecule has 1 saturated heterocycles. The summed E-state index contributed by atoms with van der Waals surface area (Å²) in [6.07, 6.45) is -0.610. The lowest BCUT2D eigenvalue weighted by molar-refractivity contribution is -0.152. The van der Waals surface area contributed by atoms with E-state index in [0.29, 0.717) is 11.2 Å². The maximum absolute atomic E-state index is 11.3. The first kappa shape index (κ1) is 21.5. The first-order chi connectivity index (χ1) is 16.0. The smallest absolute Gasteiger partial charge is 0.177 e. The molecule has 1 fully saturated rings. The molecular weight excluding hydrogens is 422 g/mol. The van der Waals surface area contributed by atoms with E-state index in [4.69, 9.17) is 10.5 Å². The van der Waals surface area contributed by atoms with Gasteiger partial charge in [0.05, 0.1) is 12.9 Å². The van der Waals surface area contributed by atoms with Gasteiger partial charge in [-0.3, -0.25) is 4.57 Å². The van der Waals surface area contributed by atoms with Crippen LogP contribution in [0, 0.1) is 0 Å². The molecule has 5 rings (SSSR count). The van der Waals surface area contributed by atoms with Gasteiger partial charge in [-0.2, -0.15) is 0 Å². The van der Waals surface area contributed by atoms with Crippen molar-refractivity contribution in [1.82, 2.24) is 19.5 Å². The molecule has 9 nitrogen and oxygen atoms in total. The number of hydrogen-bond acceptors (Lipinski definition) is 8. The quantitative estimate of drug-likeness (QED) is 0.348. The predicted octanol–water partition coefficient (Wildman–Crippen LogP) is 1.40. The van der Waals surface area contributed by atoms with Gasteiger partial charge in [-0.15, -0.1) is 0 Å². The van der Waals surface area contributed by atoms with Crippen LogP contribution in [0.15, 0.2) is 73.3 Å². The van der Waals surface area contributed by atoms with E-state index in [9.17, 15) is 15.3 Å². The Kier molecular flexibility index (Phi) is 5.55. The molecule has 0 radical (unpaired) electrons. The third-order valence-corrected chi connectivity index (χ3v) is 6.37. The minimum Gasteiger partial charge on any atom is -0.394 e. The first-order valence-electron chi connectivity index (χ1n) is 10.7. The van der Waals surface area contributed by atoms with Crippen molar-refractivity contribution >= 4 is 17.0 Å². The molecule has 1 aliphatic heterocycles. The van der Waals surface area contributed by atoms with Crippen LogP contribution in [0.25, 0.3) is 11.2 Å². The van der Waals surface area contributed by atoms with E-state index in [1.54, 1.807) is 4.57 Å². The maximum Gasteiger partial charge on any atom is 0.177 e. The Morgan fingerprint density at radius 2 is 1.61 bits per heavy atom. The number of aliphatic hydroxyl groups excluding tert-OH is 3. The second kappa shape index (κ2) is 8.53. The number of rotatable bonds is 6. The fourth-order valence-electron chi connectivity index (χ4n) is 4.70. The summed E-state index contributed by atoms with van der Waals surface area (Å²) in [6, 6.07) is 19.8. The molecule has 170 valence electrons. The van der Waals surface area contributed by atoms with Crippen LogP contribution in [0.2, 0.25) is 0 Å². The Morgan fingerprint density at radius 1 is 0.970 bits per heavy atom. The highest BCUT2D eigenvalue weighted by atomic mass is 16.6. The van der Waals surface area contributed by atoms with Gasteiger partial charge in [0.1, 0.15) is 30.2 Å². The Hall–Kier alpha value is -3.37. The molecule has 9 heteroatoms. The zero-order valence-electron chi connectivity index (χ0n) is 17.8. The van der Waals surface area contributed by atoms with Crippen molar-refractivity contribution in [1.29, 1.82) is 0 Å². The number of imidazole rings is 1. The Labute approximate surface area is 190 Å². The van der Waals surface area contributed by atoms with Crippen molar-refractivity contribution in [2.45, 2.75) is 36.4 Å². The Balaban J connectivity index is 1.70. The molecule has 5 N–H and O–H groups in total. The summed E-state index contributed by atoms with van der Waals surface area (Å²) < 4.78 is 7.86. The van der Waals surface area contributed by atoms with Gasteiger partial charge in [-0.05, 0) is 11.1 Å². The van der Waals surface area contributed by atoms with E-state index in [1.807, 2.05) is 60.7 Å². The second-order valence-corrected chi connectivity index (χ2v) is 8.24. The normalized spacial score (nSPS) is 25.2. The van der Waals surface area contributed by atoms with E-state index >= 15 is 0 Å². The molecule has 2 aromatic heterocycles. The van der Waals surface area contributed by atoms with Crippen LogP contribution in [0.5, 0.6) is 0 Å². The van der Waals surface area contributed by atoms with Crippen LogP contribution in [0.1, 0.15) is 23.5 Å². The van der Waals surface area contributed by atoms with Crippen molar-refractivity contribution in [3.05, 3.63) is 84.4 Å². The lowest BCUT2D eigenvalue weighted by Gasteiger charge is -2.37. The molecule has 0 spiro atoms. The summed E-state index contributed by atoms with van der Waals surface area (Å²) in [5.41, 5.74) is 7.28. The highest BCUT2D eigenvalue weighted by Gasteiger charge is 2.56. The van der Waals surface area contributed by atoms with Gasteiger partial charge in [0.2, 0.25) is 0 Å². The van der Waals surface area contributed by atoms with Gasteiger partial charge in [-0.25, -0.2) is 15.0 Å². The molecule has 4 aromatic rings. The number of nitrogen functional groups attached to an aromatic ring is 1. The van der Waals surface area contributed by atoms with Crippen LogP contribution in [0.3, 0.4) is 0 Å². The minimum absolute atomic E-state index is 0.198. The number of nitrogens with zero attached hydrogens (tertiary/aromatic N) is 4. The van der Waals surface area contributed by atoms with Crippen molar-refractivity contribution in [2.75, 3.05) is 12.3 Å². The Bertz CT molecular complexity index is 1200. The minimum atomic E-state index is -1.47. The van der Waals surface area contributed by atoms with Crippen molar-refractivity contribution in [3.8, 4) is 0 Å². The van der Waals surface area contributed by atoms with Gasteiger partial charge in [0, 0.05) is 12.3 Å². The lowest BCUT2D eigenvalue weighted by atomic mass is 9.82. The standard InChI is InChI=1S/C24H25N5O4/c25-22-19-23(27-13-26-22)29(14-28-19)24(21(32)20(31)18(12-30)33-24)11-17(15-7-3-1-4-8-15)16-9-5-2-6-10-16/h1-10,13-14,17-18,20-21,30-32H,11-12H2,(H2,25,26,27)/t18-,20-,21-,24-/m1/s1. The molecule has 33 heavy (non-hydrogen) atoms. The number of fused-ring (bicyclic) bond motifs is 1.